The van der Waals surface area contributed by atoms with Gasteiger partial charge in [0.05, 0.1) is 12.8 Å². The van der Waals surface area contributed by atoms with Gasteiger partial charge in [-0.1, -0.05) is 15.9 Å². The van der Waals surface area contributed by atoms with Crippen molar-refractivity contribution in [1.82, 2.24) is 0 Å². The van der Waals surface area contributed by atoms with Crippen LogP contribution in [-0.2, 0) is 14.6 Å². The van der Waals surface area contributed by atoms with Crippen LogP contribution in [0.2, 0.25) is 0 Å². The summed E-state index contributed by atoms with van der Waals surface area (Å²) >= 11 is 3.27. The fraction of sp³-hybridized carbons (Fsp3) is 0.364. The van der Waals surface area contributed by atoms with E-state index >= 15 is 0 Å². The summed E-state index contributed by atoms with van der Waals surface area (Å²) in [6.07, 6.45) is 1.02. The Kier molecular flexibility index (Phi) is 4.75. The van der Waals surface area contributed by atoms with E-state index in [4.69, 9.17) is 4.74 Å². The first-order valence-electron chi connectivity index (χ1n) is 5.09. The largest absolute Gasteiger partial charge is 0.495 e. The number of anilines is 1. The zero-order chi connectivity index (χ0) is 13.9. The SMILES string of the molecule is COc1ccc(Br)cc1NC(=O)C(C)S(C)(=O)=O. The number of sulfone groups is 1. The van der Waals surface area contributed by atoms with Crippen LogP contribution in [0.15, 0.2) is 22.7 Å². The molecule has 1 aromatic rings. The van der Waals surface area contributed by atoms with Gasteiger partial charge in [0.25, 0.3) is 0 Å². The number of ether oxygens (including phenoxy) is 1. The Hall–Kier alpha value is -1.08. The number of benzene rings is 1. The lowest BCUT2D eigenvalue weighted by Gasteiger charge is -2.13. The molecule has 1 amide bonds. The van der Waals surface area contributed by atoms with Gasteiger partial charge in [-0.15, -0.1) is 0 Å². The van der Waals surface area contributed by atoms with Gasteiger partial charge >= 0.3 is 0 Å². The molecule has 1 unspecified atom stereocenters. The van der Waals surface area contributed by atoms with Crippen LogP contribution in [0.5, 0.6) is 5.75 Å². The van der Waals surface area contributed by atoms with Gasteiger partial charge in [0.1, 0.15) is 11.0 Å². The zero-order valence-corrected chi connectivity index (χ0v) is 12.6. The molecule has 0 aliphatic rings. The van der Waals surface area contributed by atoms with Crippen LogP contribution in [0.25, 0.3) is 0 Å². The molecule has 1 atom stereocenters. The first-order chi connectivity index (χ1) is 8.25. The van der Waals surface area contributed by atoms with Crippen LogP contribution >= 0.6 is 15.9 Å². The second-order valence-corrected chi connectivity index (χ2v) is 7.09. The fourth-order valence-electron chi connectivity index (χ4n) is 1.21. The van der Waals surface area contributed by atoms with Gasteiger partial charge in [-0.3, -0.25) is 4.79 Å². The molecule has 18 heavy (non-hydrogen) atoms. The minimum Gasteiger partial charge on any atom is -0.495 e. The molecule has 0 saturated carbocycles. The Morgan fingerprint density at radius 1 is 1.44 bits per heavy atom. The highest BCUT2D eigenvalue weighted by Crippen LogP contribution is 2.28. The average molecular weight is 336 g/mol. The molecule has 0 aliphatic carbocycles. The average Bonchev–Trinajstić information content (AvgIpc) is 2.27. The molecule has 0 heterocycles. The van der Waals surface area contributed by atoms with Crippen molar-refractivity contribution in [2.75, 3.05) is 18.7 Å². The van der Waals surface area contributed by atoms with Crippen molar-refractivity contribution in [1.29, 1.82) is 0 Å². The number of rotatable bonds is 4. The standard InChI is InChI=1S/C11H14BrNO4S/c1-7(18(3,15)16)11(14)13-9-6-8(12)4-5-10(9)17-2/h4-7H,1-3H3,(H,13,14). The molecule has 100 valence electrons. The van der Waals surface area contributed by atoms with Crippen molar-refractivity contribution in [2.45, 2.75) is 12.2 Å². The summed E-state index contributed by atoms with van der Waals surface area (Å²) < 4.78 is 28.4. The number of carbonyl (C=O) groups is 1. The molecule has 0 aliphatic heterocycles. The third-order valence-electron chi connectivity index (χ3n) is 2.43. The third-order valence-corrected chi connectivity index (χ3v) is 4.42. The lowest BCUT2D eigenvalue weighted by Crippen LogP contribution is -2.31. The van der Waals surface area contributed by atoms with Gasteiger partial charge in [0.15, 0.2) is 9.84 Å². The van der Waals surface area contributed by atoms with Gasteiger partial charge in [-0.05, 0) is 25.1 Å². The monoisotopic (exact) mass is 335 g/mol. The molecule has 0 bridgehead atoms. The molecular weight excluding hydrogens is 322 g/mol. The van der Waals surface area contributed by atoms with E-state index in [2.05, 4.69) is 21.2 Å². The van der Waals surface area contributed by atoms with Crippen molar-refractivity contribution in [3.63, 3.8) is 0 Å². The molecular formula is C11H14BrNO4S. The number of hydrogen-bond donors (Lipinski definition) is 1. The Morgan fingerprint density at radius 2 is 2.06 bits per heavy atom. The molecule has 1 N–H and O–H groups in total. The number of nitrogens with one attached hydrogen (secondary N) is 1. The molecule has 0 saturated heterocycles. The highest BCUT2D eigenvalue weighted by molar-refractivity contribution is 9.10. The maximum atomic E-state index is 11.8. The lowest BCUT2D eigenvalue weighted by atomic mass is 10.3. The summed E-state index contributed by atoms with van der Waals surface area (Å²) in [5, 5.41) is 1.43. The minimum absolute atomic E-state index is 0.423. The zero-order valence-electron chi connectivity index (χ0n) is 10.2. The van der Waals surface area contributed by atoms with Crippen molar-refractivity contribution < 1.29 is 17.9 Å². The summed E-state index contributed by atoms with van der Waals surface area (Å²) in [6.45, 7) is 1.34. The van der Waals surface area contributed by atoms with Crippen LogP contribution in [0.4, 0.5) is 5.69 Å². The number of hydrogen-bond acceptors (Lipinski definition) is 4. The Bertz CT molecular complexity index is 556. The summed E-state index contributed by atoms with van der Waals surface area (Å²) in [7, 11) is -1.95. The summed E-state index contributed by atoms with van der Waals surface area (Å²) in [5.74, 6) is -0.124. The molecule has 5 nitrogen and oxygen atoms in total. The molecule has 1 aromatic carbocycles. The normalized spacial score (nSPS) is 12.9. The second-order valence-electron chi connectivity index (χ2n) is 3.81. The van der Waals surface area contributed by atoms with Crippen LogP contribution in [0.3, 0.4) is 0 Å². The minimum atomic E-state index is -3.42. The Balaban J connectivity index is 2.98. The molecule has 0 spiro atoms. The molecule has 0 aromatic heterocycles. The third kappa shape index (κ3) is 3.71. The predicted octanol–water partition coefficient (Wildman–Crippen LogP) is 1.83. The highest BCUT2D eigenvalue weighted by atomic mass is 79.9. The first kappa shape index (κ1) is 15.0. The van der Waals surface area contributed by atoms with Gasteiger partial charge in [-0.2, -0.15) is 0 Å². The fourth-order valence-corrected chi connectivity index (χ4v) is 2.02. The summed E-state index contributed by atoms with van der Waals surface area (Å²) in [6, 6.07) is 5.07. The maximum Gasteiger partial charge on any atom is 0.242 e. The van der Waals surface area contributed by atoms with E-state index in [1.54, 1.807) is 18.2 Å². The Morgan fingerprint density at radius 3 is 2.56 bits per heavy atom. The quantitative estimate of drug-likeness (QED) is 0.910. The number of halogens is 1. The highest BCUT2D eigenvalue weighted by Gasteiger charge is 2.24. The van der Waals surface area contributed by atoms with Gasteiger partial charge in [0.2, 0.25) is 5.91 Å². The van der Waals surface area contributed by atoms with Crippen molar-refractivity contribution in [3.05, 3.63) is 22.7 Å². The summed E-state index contributed by atoms with van der Waals surface area (Å²) in [4.78, 5) is 11.8. The van der Waals surface area contributed by atoms with Crippen LogP contribution in [0.1, 0.15) is 6.92 Å². The van der Waals surface area contributed by atoms with Crippen molar-refractivity contribution in [3.8, 4) is 5.75 Å². The van der Waals surface area contributed by atoms with Crippen LogP contribution in [0, 0.1) is 0 Å². The number of carbonyl (C=O) groups excluding carboxylic acids is 1. The van der Waals surface area contributed by atoms with E-state index in [-0.39, 0.29) is 0 Å². The van der Waals surface area contributed by atoms with E-state index in [0.29, 0.717) is 11.4 Å². The molecule has 0 fully saturated rings. The van der Waals surface area contributed by atoms with E-state index in [9.17, 15) is 13.2 Å². The van der Waals surface area contributed by atoms with Gasteiger partial charge in [0, 0.05) is 10.7 Å². The predicted molar refractivity (Wildman–Crippen MR) is 73.6 cm³/mol. The van der Waals surface area contributed by atoms with Crippen LogP contribution in [-0.4, -0.2) is 32.9 Å². The second kappa shape index (κ2) is 5.71. The Labute approximate surface area is 115 Å². The van der Waals surface area contributed by atoms with E-state index < -0.39 is 21.0 Å². The van der Waals surface area contributed by atoms with Crippen molar-refractivity contribution >= 4 is 37.4 Å². The van der Waals surface area contributed by atoms with E-state index in [1.807, 2.05) is 0 Å². The number of amides is 1. The van der Waals surface area contributed by atoms with Gasteiger partial charge in [-0.25, -0.2) is 8.42 Å². The van der Waals surface area contributed by atoms with Gasteiger partial charge < -0.3 is 10.1 Å². The van der Waals surface area contributed by atoms with Crippen molar-refractivity contribution in [2.24, 2.45) is 0 Å². The summed E-state index contributed by atoms with van der Waals surface area (Å²) in [5.41, 5.74) is 0.423. The smallest absolute Gasteiger partial charge is 0.242 e. The van der Waals surface area contributed by atoms with E-state index in [0.717, 1.165) is 10.7 Å². The lowest BCUT2D eigenvalue weighted by molar-refractivity contribution is -0.115. The topological polar surface area (TPSA) is 72.5 Å². The first-order valence-corrected chi connectivity index (χ1v) is 7.83. The number of methoxy groups -OCH3 is 1. The molecule has 7 heteroatoms. The molecule has 0 radical (unpaired) electrons. The molecule has 1 rings (SSSR count). The maximum absolute atomic E-state index is 11.8. The van der Waals surface area contributed by atoms with E-state index in [1.165, 1.54) is 14.0 Å². The van der Waals surface area contributed by atoms with Crippen LogP contribution < -0.4 is 10.1 Å².